The number of carbonyl (C=O) groups excluding carboxylic acids is 1. The number of rotatable bonds is 2. The Kier molecular flexibility index (Phi) is 3.85. The van der Waals surface area contributed by atoms with Crippen LogP contribution in [0.3, 0.4) is 0 Å². The molecular formula is C12H12Cl2O2. The second-order valence-electron chi connectivity index (χ2n) is 3.89. The first-order valence-corrected chi connectivity index (χ1v) is 5.97. The maximum absolute atomic E-state index is 11.7. The van der Waals surface area contributed by atoms with E-state index in [1.807, 2.05) is 0 Å². The molecule has 0 bridgehead atoms. The van der Waals surface area contributed by atoms with Crippen LogP contribution >= 0.6 is 23.2 Å². The maximum Gasteiger partial charge on any atom is 0.140 e. The van der Waals surface area contributed by atoms with Gasteiger partial charge in [0.25, 0.3) is 0 Å². The van der Waals surface area contributed by atoms with Crippen LogP contribution in [0.5, 0.6) is 0 Å². The number of ketones is 1. The first-order valence-electron chi connectivity index (χ1n) is 5.22. The van der Waals surface area contributed by atoms with Gasteiger partial charge in [-0.2, -0.15) is 0 Å². The average Bonchev–Trinajstić information content (AvgIpc) is 2.26. The highest BCUT2D eigenvalue weighted by molar-refractivity contribution is 6.36. The predicted molar refractivity (Wildman–Crippen MR) is 64.1 cm³/mol. The molecule has 0 radical (unpaired) electrons. The standard InChI is InChI=1S/C12H12Cl2O2/c13-10-2-1-3-11(14)9(10)6-8-7-16-5-4-12(8)15/h1-3,8H,4-7H2/t8-/m0/s1. The summed E-state index contributed by atoms with van der Waals surface area (Å²) in [5, 5.41) is 1.23. The van der Waals surface area contributed by atoms with Gasteiger partial charge in [-0.3, -0.25) is 4.79 Å². The highest BCUT2D eigenvalue weighted by atomic mass is 35.5. The molecule has 1 fully saturated rings. The Labute approximate surface area is 104 Å². The third-order valence-corrected chi connectivity index (χ3v) is 3.49. The SMILES string of the molecule is O=C1CCOC[C@@H]1Cc1c(Cl)cccc1Cl. The van der Waals surface area contributed by atoms with Gasteiger partial charge < -0.3 is 4.74 Å². The molecule has 0 spiro atoms. The summed E-state index contributed by atoms with van der Waals surface area (Å²) >= 11 is 12.1. The monoisotopic (exact) mass is 258 g/mol. The molecule has 1 aromatic carbocycles. The van der Waals surface area contributed by atoms with E-state index in [1.165, 1.54) is 0 Å². The fourth-order valence-corrected chi connectivity index (χ4v) is 2.39. The zero-order valence-corrected chi connectivity index (χ0v) is 10.2. The van der Waals surface area contributed by atoms with E-state index in [0.29, 0.717) is 36.1 Å². The molecule has 0 amide bonds. The van der Waals surface area contributed by atoms with E-state index in [1.54, 1.807) is 18.2 Å². The molecule has 0 N–H and O–H groups in total. The first-order chi connectivity index (χ1) is 7.68. The van der Waals surface area contributed by atoms with Crippen LogP contribution in [0.4, 0.5) is 0 Å². The molecule has 1 saturated heterocycles. The topological polar surface area (TPSA) is 26.3 Å². The molecule has 2 rings (SSSR count). The lowest BCUT2D eigenvalue weighted by molar-refractivity contribution is -0.130. The largest absolute Gasteiger partial charge is 0.380 e. The highest BCUT2D eigenvalue weighted by Gasteiger charge is 2.24. The second-order valence-corrected chi connectivity index (χ2v) is 4.71. The summed E-state index contributed by atoms with van der Waals surface area (Å²) in [5.41, 5.74) is 0.842. The van der Waals surface area contributed by atoms with Gasteiger partial charge >= 0.3 is 0 Å². The summed E-state index contributed by atoms with van der Waals surface area (Å²) in [6.45, 7) is 1.01. The van der Waals surface area contributed by atoms with E-state index in [0.717, 1.165) is 5.56 Å². The fourth-order valence-electron chi connectivity index (χ4n) is 1.84. The minimum Gasteiger partial charge on any atom is -0.380 e. The third kappa shape index (κ3) is 2.57. The molecule has 1 aliphatic heterocycles. The van der Waals surface area contributed by atoms with Crippen LogP contribution in [0.2, 0.25) is 10.0 Å². The minimum absolute atomic E-state index is 0.105. The average molecular weight is 259 g/mol. The molecule has 1 heterocycles. The Morgan fingerprint density at radius 1 is 1.31 bits per heavy atom. The lowest BCUT2D eigenvalue weighted by Crippen LogP contribution is -2.29. The van der Waals surface area contributed by atoms with Crippen molar-refractivity contribution in [3.05, 3.63) is 33.8 Å². The molecule has 1 atom stereocenters. The molecule has 0 aliphatic carbocycles. The summed E-state index contributed by atoms with van der Waals surface area (Å²) in [4.78, 5) is 11.7. The van der Waals surface area contributed by atoms with Gasteiger partial charge in [0, 0.05) is 22.4 Å². The molecule has 0 unspecified atom stereocenters. The molecule has 4 heteroatoms. The van der Waals surface area contributed by atoms with Crippen molar-refractivity contribution in [2.24, 2.45) is 5.92 Å². The third-order valence-electron chi connectivity index (χ3n) is 2.78. The van der Waals surface area contributed by atoms with Gasteiger partial charge in [0.2, 0.25) is 0 Å². The number of halogens is 2. The molecule has 0 saturated carbocycles. The Morgan fingerprint density at radius 2 is 2.00 bits per heavy atom. The Hall–Kier alpha value is -0.570. The van der Waals surface area contributed by atoms with Gasteiger partial charge in [0.05, 0.1) is 13.2 Å². The summed E-state index contributed by atoms with van der Waals surface area (Å²) in [6.07, 6.45) is 1.06. The van der Waals surface area contributed by atoms with Crippen LogP contribution in [0.15, 0.2) is 18.2 Å². The van der Waals surface area contributed by atoms with Gasteiger partial charge in [-0.1, -0.05) is 29.3 Å². The number of ether oxygens (including phenoxy) is 1. The van der Waals surface area contributed by atoms with Gasteiger partial charge in [-0.25, -0.2) is 0 Å². The summed E-state index contributed by atoms with van der Waals surface area (Å²) < 4.78 is 5.30. The van der Waals surface area contributed by atoms with E-state index < -0.39 is 0 Å². The molecule has 1 aliphatic rings. The summed E-state index contributed by atoms with van der Waals surface area (Å²) in [6, 6.07) is 5.38. The summed E-state index contributed by atoms with van der Waals surface area (Å²) in [5.74, 6) is 0.133. The number of hydrogen-bond acceptors (Lipinski definition) is 2. The Balaban J connectivity index is 2.16. The normalized spacial score (nSPS) is 21.1. The van der Waals surface area contributed by atoms with Crippen LogP contribution in [0, 0.1) is 5.92 Å². The molecule has 86 valence electrons. The van der Waals surface area contributed by atoms with Crippen LogP contribution in [-0.4, -0.2) is 19.0 Å². The molecule has 16 heavy (non-hydrogen) atoms. The van der Waals surface area contributed by atoms with Crippen LogP contribution in [0.1, 0.15) is 12.0 Å². The summed E-state index contributed by atoms with van der Waals surface area (Å²) in [7, 11) is 0. The van der Waals surface area contributed by atoms with Gasteiger partial charge in [-0.05, 0) is 24.1 Å². The van der Waals surface area contributed by atoms with Crippen molar-refractivity contribution in [2.45, 2.75) is 12.8 Å². The van der Waals surface area contributed by atoms with Crippen molar-refractivity contribution < 1.29 is 9.53 Å². The van der Waals surface area contributed by atoms with Gasteiger partial charge in [-0.15, -0.1) is 0 Å². The number of Topliss-reactive ketones (excluding diaryl/α,β-unsaturated/α-hetero) is 1. The maximum atomic E-state index is 11.7. The Bertz CT molecular complexity index is 384. The second kappa shape index (κ2) is 5.17. The number of benzene rings is 1. The smallest absolute Gasteiger partial charge is 0.140 e. The van der Waals surface area contributed by atoms with Crippen LogP contribution in [0.25, 0.3) is 0 Å². The van der Waals surface area contributed by atoms with E-state index in [9.17, 15) is 4.79 Å². The van der Waals surface area contributed by atoms with E-state index in [4.69, 9.17) is 27.9 Å². The molecular weight excluding hydrogens is 247 g/mol. The van der Waals surface area contributed by atoms with Crippen molar-refractivity contribution in [3.63, 3.8) is 0 Å². The highest BCUT2D eigenvalue weighted by Crippen LogP contribution is 2.28. The molecule has 0 aromatic heterocycles. The van der Waals surface area contributed by atoms with Crippen molar-refractivity contribution in [1.29, 1.82) is 0 Å². The lowest BCUT2D eigenvalue weighted by atomic mass is 9.93. The van der Waals surface area contributed by atoms with Crippen molar-refractivity contribution >= 4 is 29.0 Å². The number of hydrogen-bond donors (Lipinski definition) is 0. The lowest BCUT2D eigenvalue weighted by Gasteiger charge is -2.21. The van der Waals surface area contributed by atoms with E-state index >= 15 is 0 Å². The van der Waals surface area contributed by atoms with Crippen molar-refractivity contribution in [2.75, 3.05) is 13.2 Å². The zero-order valence-electron chi connectivity index (χ0n) is 8.71. The van der Waals surface area contributed by atoms with E-state index in [-0.39, 0.29) is 11.7 Å². The zero-order chi connectivity index (χ0) is 11.5. The van der Waals surface area contributed by atoms with Crippen molar-refractivity contribution in [3.8, 4) is 0 Å². The quantitative estimate of drug-likeness (QED) is 0.815. The number of carbonyl (C=O) groups is 1. The van der Waals surface area contributed by atoms with Crippen molar-refractivity contribution in [1.82, 2.24) is 0 Å². The van der Waals surface area contributed by atoms with Gasteiger partial charge in [0.15, 0.2) is 0 Å². The molecule has 1 aromatic rings. The van der Waals surface area contributed by atoms with Crippen LogP contribution < -0.4 is 0 Å². The fraction of sp³-hybridized carbons (Fsp3) is 0.417. The molecule has 2 nitrogen and oxygen atoms in total. The van der Waals surface area contributed by atoms with Crippen LogP contribution in [-0.2, 0) is 16.0 Å². The predicted octanol–water partition coefficient (Wildman–Crippen LogP) is 3.14. The first kappa shape index (κ1) is 11.9. The van der Waals surface area contributed by atoms with E-state index in [2.05, 4.69) is 0 Å². The minimum atomic E-state index is -0.105. The Morgan fingerprint density at radius 3 is 2.62 bits per heavy atom. The van der Waals surface area contributed by atoms with Gasteiger partial charge in [0.1, 0.15) is 5.78 Å².